The summed E-state index contributed by atoms with van der Waals surface area (Å²) in [5, 5.41) is 12.2. The smallest absolute Gasteiger partial charge is 0.0439 e. The van der Waals surface area contributed by atoms with E-state index < -0.39 is 0 Å². The molecule has 2 nitrogen and oxygen atoms in total. The van der Waals surface area contributed by atoms with E-state index in [2.05, 4.69) is 44.3 Å². The first kappa shape index (κ1) is 14.6. The van der Waals surface area contributed by atoms with E-state index in [9.17, 15) is 0 Å². The van der Waals surface area contributed by atoms with Gasteiger partial charge in [-0.3, -0.25) is 0 Å². The zero-order chi connectivity index (χ0) is 12.7. The Morgan fingerprint density at radius 2 is 2.12 bits per heavy atom. The normalized spacial score (nSPS) is 11.1. The summed E-state index contributed by atoms with van der Waals surface area (Å²) in [7, 11) is 0. The second-order valence-corrected chi connectivity index (χ2v) is 5.72. The number of benzene rings is 1. The molecule has 0 aliphatic heterocycles. The highest BCUT2D eigenvalue weighted by atomic mass is 32.2. The molecule has 0 spiro atoms. The van der Waals surface area contributed by atoms with Gasteiger partial charge in [0.1, 0.15) is 0 Å². The molecule has 3 heteroatoms. The number of nitrogens with one attached hydrogen (secondary N) is 1. The van der Waals surface area contributed by atoms with Crippen LogP contribution in [0, 0.1) is 6.92 Å². The van der Waals surface area contributed by atoms with E-state index in [0.717, 1.165) is 18.7 Å². The van der Waals surface area contributed by atoms with Crippen LogP contribution in [0.1, 0.15) is 31.4 Å². The molecule has 17 heavy (non-hydrogen) atoms. The molecule has 0 aliphatic carbocycles. The number of aryl methyl sites for hydroxylation is 1. The molecule has 0 radical (unpaired) electrons. The predicted molar refractivity (Wildman–Crippen MR) is 75.6 cm³/mol. The molecule has 96 valence electrons. The molecule has 0 fully saturated rings. The lowest BCUT2D eigenvalue weighted by molar-refractivity contribution is 0.296. The van der Waals surface area contributed by atoms with Gasteiger partial charge >= 0.3 is 0 Å². The van der Waals surface area contributed by atoms with Crippen molar-refractivity contribution in [3.63, 3.8) is 0 Å². The molecular weight excluding hydrogens is 230 g/mol. The van der Waals surface area contributed by atoms with Crippen molar-refractivity contribution >= 4 is 11.8 Å². The fraction of sp³-hybridized carbons (Fsp3) is 0.571. The monoisotopic (exact) mass is 253 g/mol. The van der Waals surface area contributed by atoms with Gasteiger partial charge < -0.3 is 10.4 Å². The first-order chi connectivity index (χ1) is 8.13. The highest BCUT2D eigenvalue weighted by Crippen LogP contribution is 2.22. The van der Waals surface area contributed by atoms with Crippen LogP contribution in [0.4, 0.5) is 0 Å². The highest BCUT2D eigenvalue weighted by molar-refractivity contribution is 7.99. The first-order valence-electron chi connectivity index (χ1n) is 6.20. The zero-order valence-electron chi connectivity index (χ0n) is 11.0. The Balaban J connectivity index is 2.53. The maximum atomic E-state index is 8.74. The van der Waals surface area contributed by atoms with E-state index in [1.54, 1.807) is 0 Å². The minimum atomic E-state index is 0.280. The Bertz CT molecular complexity index is 339. The fourth-order valence-electron chi connectivity index (χ4n) is 1.53. The maximum absolute atomic E-state index is 8.74. The third-order valence-corrected chi connectivity index (χ3v) is 3.67. The zero-order valence-corrected chi connectivity index (χ0v) is 11.8. The fourth-order valence-corrected chi connectivity index (χ4v) is 2.46. The van der Waals surface area contributed by atoms with Crippen LogP contribution in [0.2, 0.25) is 0 Å². The molecule has 0 aromatic heterocycles. The number of aliphatic hydroxyl groups is 1. The number of hydrogen-bond donors (Lipinski definition) is 2. The molecule has 0 heterocycles. The molecule has 0 amide bonds. The second kappa shape index (κ2) is 7.75. The maximum Gasteiger partial charge on any atom is 0.0439 e. The quantitative estimate of drug-likeness (QED) is 0.579. The van der Waals surface area contributed by atoms with Crippen LogP contribution >= 0.6 is 11.8 Å². The third kappa shape index (κ3) is 5.57. The van der Waals surface area contributed by atoms with Crippen LogP contribution in [-0.2, 0) is 6.54 Å². The van der Waals surface area contributed by atoms with Crippen molar-refractivity contribution < 1.29 is 5.11 Å². The Labute approximate surface area is 109 Å². The standard InChI is InChI=1S/C14H23NOS/c1-11(2)15-10-13-5-6-14(9-12(13)3)17-8-4-7-16/h5-6,9,11,15-16H,4,7-8,10H2,1-3H3. The molecule has 0 unspecified atom stereocenters. The van der Waals surface area contributed by atoms with Crippen molar-refractivity contribution in [2.45, 2.75) is 44.7 Å². The first-order valence-corrected chi connectivity index (χ1v) is 7.18. The number of thioether (sulfide) groups is 1. The minimum absolute atomic E-state index is 0.280. The number of hydrogen-bond acceptors (Lipinski definition) is 3. The average molecular weight is 253 g/mol. The Morgan fingerprint density at radius 3 is 2.71 bits per heavy atom. The molecule has 1 aromatic carbocycles. The van der Waals surface area contributed by atoms with Gasteiger partial charge in [0.15, 0.2) is 0 Å². The lowest BCUT2D eigenvalue weighted by Gasteiger charge is -2.11. The van der Waals surface area contributed by atoms with Gasteiger partial charge in [-0.2, -0.15) is 0 Å². The molecule has 1 rings (SSSR count). The van der Waals surface area contributed by atoms with Crippen molar-refractivity contribution in [1.82, 2.24) is 5.32 Å². The van der Waals surface area contributed by atoms with Gasteiger partial charge in [-0.25, -0.2) is 0 Å². The molecule has 0 aliphatic rings. The number of aliphatic hydroxyl groups excluding tert-OH is 1. The van der Waals surface area contributed by atoms with Gasteiger partial charge in [0, 0.05) is 29.8 Å². The summed E-state index contributed by atoms with van der Waals surface area (Å²) in [6.07, 6.45) is 0.861. The topological polar surface area (TPSA) is 32.3 Å². The molecule has 0 bridgehead atoms. The lowest BCUT2D eigenvalue weighted by atomic mass is 10.1. The summed E-state index contributed by atoms with van der Waals surface area (Å²) < 4.78 is 0. The van der Waals surface area contributed by atoms with Crippen LogP contribution in [0.15, 0.2) is 23.1 Å². The van der Waals surface area contributed by atoms with Crippen molar-refractivity contribution in [3.8, 4) is 0 Å². The van der Waals surface area contributed by atoms with Crippen molar-refractivity contribution in [1.29, 1.82) is 0 Å². The van der Waals surface area contributed by atoms with E-state index in [0.29, 0.717) is 6.04 Å². The molecule has 2 N–H and O–H groups in total. The van der Waals surface area contributed by atoms with Gasteiger partial charge in [-0.15, -0.1) is 11.8 Å². The van der Waals surface area contributed by atoms with Gasteiger partial charge in [0.25, 0.3) is 0 Å². The molecule has 1 aromatic rings. The van der Waals surface area contributed by atoms with Gasteiger partial charge in [-0.05, 0) is 36.6 Å². The Morgan fingerprint density at radius 1 is 1.35 bits per heavy atom. The summed E-state index contributed by atoms with van der Waals surface area (Å²) in [6.45, 7) is 7.70. The molecule has 0 saturated carbocycles. The van der Waals surface area contributed by atoms with Crippen LogP contribution in [0.5, 0.6) is 0 Å². The highest BCUT2D eigenvalue weighted by Gasteiger charge is 2.01. The Kier molecular flexibility index (Phi) is 6.63. The van der Waals surface area contributed by atoms with Crippen LogP contribution in [0.25, 0.3) is 0 Å². The average Bonchev–Trinajstić information content (AvgIpc) is 2.28. The van der Waals surface area contributed by atoms with Crippen molar-refractivity contribution in [3.05, 3.63) is 29.3 Å². The van der Waals surface area contributed by atoms with Crippen LogP contribution < -0.4 is 5.32 Å². The summed E-state index contributed by atoms with van der Waals surface area (Å²) in [5.41, 5.74) is 2.71. The summed E-state index contributed by atoms with van der Waals surface area (Å²) >= 11 is 1.81. The van der Waals surface area contributed by atoms with Crippen LogP contribution in [-0.4, -0.2) is 23.5 Å². The van der Waals surface area contributed by atoms with E-state index in [-0.39, 0.29) is 6.61 Å². The predicted octanol–water partition coefficient (Wildman–Crippen LogP) is 2.97. The molecule has 0 saturated heterocycles. The summed E-state index contributed by atoms with van der Waals surface area (Å²) in [4.78, 5) is 1.30. The van der Waals surface area contributed by atoms with E-state index in [1.165, 1.54) is 16.0 Å². The molecule has 0 atom stereocenters. The third-order valence-electron chi connectivity index (χ3n) is 2.59. The van der Waals surface area contributed by atoms with E-state index in [4.69, 9.17) is 5.11 Å². The number of rotatable bonds is 7. The SMILES string of the molecule is Cc1cc(SCCCO)ccc1CNC(C)C. The van der Waals surface area contributed by atoms with Crippen LogP contribution in [0.3, 0.4) is 0 Å². The minimum Gasteiger partial charge on any atom is -0.396 e. The van der Waals surface area contributed by atoms with Gasteiger partial charge in [0.2, 0.25) is 0 Å². The molecular formula is C14H23NOS. The lowest BCUT2D eigenvalue weighted by Crippen LogP contribution is -2.22. The summed E-state index contributed by atoms with van der Waals surface area (Å²) in [5.74, 6) is 0.986. The van der Waals surface area contributed by atoms with Gasteiger partial charge in [-0.1, -0.05) is 19.9 Å². The summed E-state index contributed by atoms with van der Waals surface area (Å²) in [6, 6.07) is 7.13. The Hall–Kier alpha value is -0.510. The van der Waals surface area contributed by atoms with Crippen molar-refractivity contribution in [2.24, 2.45) is 0 Å². The van der Waals surface area contributed by atoms with Gasteiger partial charge in [0.05, 0.1) is 0 Å². The largest absolute Gasteiger partial charge is 0.396 e. The van der Waals surface area contributed by atoms with E-state index in [1.807, 2.05) is 11.8 Å². The van der Waals surface area contributed by atoms with Crippen molar-refractivity contribution in [2.75, 3.05) is 12.4 Å². The second-order valence-electron chi connectivity index (χ2n) is 4.55. The van der Waals surface area contributed by atoms with E-state index >= 15 is 0 Å².